The summed E-state index contributed by atoms with van der Waals surface area (Å²) in [5.41, 5.74) is 1.25. The smallest absolute Gasteiger partial charge is 0.335 e. The van der Waals surface area contributed by atoms with Crippen LogP contribution < -0.4 is 15.0 Å². The van der Waals surface area contributed by atoms with Gasteiger partial charge >= 0.3 is 5.97 Å². The van der Waals surface area contributed by atoms with E-state index in [9.17, 15) is 18.8 Å². The summed E-state index contributed by atoms with van der Waals surface area (Å²) < 4.78 is 19.0. The Morgan fingerprint density at radius 3 is 2.25 bits per heavy atom. The molecule has 0 bridgehead atoms. The number of carboxylic acid groups (broad SMARTS) is 1. The Bertz CT molecular complexity index is 1400. The zero-order valence-corrected chi connectivity index (χ0v) is 20.5. The average Bonchev–Trinajstić information content (AvgIpc) is 2.82. The van der Waals surface area contributed by atoms with Gasteiger partial charge in [0.25, 0.3) is 11.8 Å². The molecule has 1 aliphatic heterocycles. The van der Waals surface area contributed by atoms with E-state index in [1.165, 1.54) is 54.6 Å². The molecule has 182 valence electrons. The summed E-state index contributed by atoms with van der Waals surface area (Å²) in [4.78, 5) is 37.7. The van der Waals surface area contributed by atoms with Gasteiger partial charge in [0.05, 0.1) is 21.3 Å². The molecule has 0 aromatic heterocycles. The minimum atomic E-state index is -1.04. The largest absolute Gasteiger partial charge is 0.486 e. The zero-order chi connectivity index (χ0) is 26.0. The van der Waals surface area contributed by atoms with Crippen molar-refractivity contribution in [1.82, 2.24) is 5.32 Å². The fraction of sp³-hybridized carbons (Fsp3) is 0.0400. The van der Waals surface area contributed by atoms with Gasteiger partial charge in [0.1, 0.15) is 18.0 Å². The molecule has 1 fully saturated rings. The number of carbonyl (C=O) groups is 3. The van der Waals surface area contributed by atoms with Gasteiger partial charge in [-0.15, -0.1) is 0 Å². The number of rotatable bonds is 6. The van der Waals surface area contributed by atoms with Crippen molar-refractivity contribution >= 4 is 70.1 Å². The average molecular weight is 545 g/mol. The fourth-order valence-corrected chi connectivity index (χ4v) is 4.24. The van der Waals surface area contributed by atoms with Crippen LogP contribution in [0.5, 0.6) is 5.75 Å². The quantitative estimate of drug-likeness (QED) is 0.250. The molecule has 4 rings (SSSR count). The number of ether oxygens (including phenoxy) is 1. The summed E-state index contributed by atoms with van der Waals surface area (Å²) in [5, 5.41) is 11.6. The molecule has 3 aromatic carbocycles. The number of halogens is 3. The maximum Gasteiger partial charge on any atom is 0.335 e. The number of thiocarbonyl (C=S) groups is 1. The van der Waals surface area contributed by atoms with E-state index in [0.717, 1.165) is 4.90 Å². The molecule has 11 heteroatoms. The van der Waals surface area contributed by atoms with Crippen LogP contribution in [0.15, 0.2) is 66.2 Å². The highest BCUT2D eigenvalue weighted by molar-refractivity contribution is 7.80. The predicted molar refractivity (Wildman–Crippen MR) is 137 cm³/mol. The Balaban J connectivity index is 1.57. The van der Waals surface area contributed by atoms with Crippen LogP contribution >= 0.6 is 35.4 Å². The van der Waals surface area contributed by atoms with Crippen LogP contribution in [0.3, 0.4) is 0 Å². The Morgan fingerprint density at radius 1 is 1.06 bits per heavy atom. The molecule has 0 atom stereocenters. The number of hydrogen-bond acceptors (Lipinski definition) is 5. The van der Waals surface area contributed by atoms with Crippen LogP contribution in [0, 0.1) is 5.82 Å². The Kier molecular flexibility index (Phi) is 7.35. The topological polar surface area (TPSA) is 95.9 Å². The van der Waals surface area contributed by atoms with Gasteiger partial charge in [-0.25, -0.2) is 9.18 Å². The van der Waals surface area contributed by atoms with Crippen LogP contribution in [-0.2, 0) is 16.2 Å². The SMILES string of the molecule is O=C1NC(=S)N(c2ccc(F)cc2)C(=O)/C1=C/c1cc(Cl)c(OCc2ccc(C(=O)O)cc2)c(Cl)c1. The van der Waals surface area contributed by atoms with E-state index < -0.39 is 23.6 Å². The van der Waals surface area contributed by atoms with E-state index in [1.54, 1.807) is 12.1 Å². The van der Waals surface area contributed by atoms with E-state index in [4.69, 9.17) is 45.3 Å². The first-order chi connectivity index (χ1) is 17.1. The lowest BCUT2D eigenvalue weighted by atomic mass is 10.1. The first-order valence-electron chi connectivity index (χ1n) is 10.2. The van der Waals surface area contributed by atoms with Gasteiger partial charge in [-0.2, -0.15) is 0 Å². The highest BCUT2D eigenvalue weighted by Gasteiger charge is 2.34. The molecule has 1 heterocycles. The molecule has 1 saturated heterocycles. The molecule has 0 radical (unpaired) electrons. The number of carboxylic acids is 1. The van der Waals surface area contributed by atoms with Crippen molar-refractivity contribution in [2.24, 2.45) is 0 Å². The van der Waals surface area contributed by atoms with Gasteiger partial charge in [-0.3, -0.25) is 19.8 Å². The van der Waals surface area contributed by atoms with Gasteiger partial charge in [0.15, 0.2) is 10.9 Å². The second-order valence-electron chi connectivity index (χ2n) is 7.54. The number of amides is 2. The first kappa shape index (κ1) is 25.3. The Morgan fingerprint density at radius 2 is 1.67 bits per heavy atom. The van der Waals surface area contributed by atoms with Gasteiger partial charge in [-0.1, -0.05) is 35.3 Å². The van der Waals surface area contributed by atoms with E-state index in [-0.39, 0.29) is 44.3 Å². The number of hydrogen-bond donors (Lipinski definition) is 2. The van der Waals surface area contributed by atoms with E-state index in [1.807, 2.05) is 0 Å². The maximum atomic E-state index is 13.3. The first-order valence-corrected chi connectivity index (χ1v) is 11.4. The Hall–Kier alpha value is -3.79. The highest BCUT2D eigenvalue weighted by Crippen LogP contribution is 2.36. The molecular weight excluding hydrogens is 530 g/mol. The number of aromatic carboxylic acids is 1. The lowest BCUT2D eigenvalue weighted by Crippen LogP contribution is -2.54. The van der Waals surface area contributed by atoms with Gasteiger partial charge in [0, 0.05) is 0 Å². The molecule has 36 heavy (non-hydrogen) atoms. The number of benzene rings is 3. The van der Waals surface area contributed by atoms with Gasteiger partial charge in [-0.05, 0) is 78.0 Å². The van der Waals surface area contributed by atoms with Crippen LogP contribution in [0.4, 0.5) is 10.1 Å². The van der Waals surface area contributed by atoms with Crippen LogP contribution in [0.25, 0.3) is 6.08 Å². The summed E-state index contributed by atoms with van der Waals surface area (Å²) in [6.45, 7) is 0.0741. The number of carbonyl (C=O) groups excluding carboxylic acids is 2. The van der Waals surface area contributed by atoms with Gasteiger partial charge < -0.3 is 9.84 Å². The van der Waals surface area contributed by atoms with Crippen molar-refractivity contribution in [3.05, 3.63) is 98.8 Å². The molecule has 7 nitrogen and oxygen atoms in total. The Labute approximate surface area is 219 Å². The monoisotopic (exact) mass is 544 g/mol. The van der Waals surface area contributed by atoms with E-state index >= 15 is 0 Å². The summed E-state index contributed by atoms with van der Waals surface area (Å²) in [7, 11) is 0. The normalized spacial score (nSPS) is 14.7. The van der Waals surface area contributed by atoms with Crippen molar-refractivity contribution in [1.29, 1.82) is 0 Å². The molecule has 1 aliphatic rings. The number of nitrogens with zero attached hydrogens (tertiary/aromatic N) is 1. The molecule has 0 spiro atoms. The van der Waals surface area contributed by atoms with E-state index in [0.29, 0.717) is 11.1 Å². The van der Waals surface area contributed by atoms with Crippen molar-refractivity contribution in [2.45, 2.75) is 6.61 Å². The number of nitrogens with one attached hydrogen (secondary N) is 1. The summed E-state index contributed by atoms with van der Waals surface area (Å²) >= 11 is 17.8. The summed E-state index contributed by atoms with van der Waals surface area (Å²) in [5.74, 6) is -2.76. The molecule has 0 aliphatic carbocycles. The molecule has 2 amide bonds. The van der Waals surface area contributed by atoms with E-state index in [2.05, 4.69) is 5.32 Å². The van der Waals surface area contributed by atoms with Crippen molar-refractivity contribution in [3.8, 4) is 5.75 Å². The van der Waals surface area contributed by atoms with Crippen molar-refractivity contribution in [2.75, 3.05) is 4.90 Å². The molecule has 0 saturated carbocycles. The minimum Gasteiger partial charge on any atom is -0.486 e. The third kappa shape index (κ3) is 5.38. The number of anilines is 1. The predicted octanol–water partition coefficient (Wildman–Crippen LogP) is 5.24. The third-order valence-corrected chi connectivity index (χ3v) is 5.95. The second-order valence-corrected chi connectivity index (χ2v) is 8.74. The zero-order valence-electron chi connectivity index (χ0n) is 18.1. The molecule has 2 N–H and O–H groups in total. The summed E-state index contributed by atoms with van der Waals surface area (Å²) in [6, 6.07) is 14.1. The second kappa shape index (κ2) is 10.4. The van der Waals surface area contributed by atoms with Crippen LogP contribution in [0.2, 0.25) is 10.0 Å². The maximum absolute atomic E-state index is 13.3. The third-order valence-electron chi connectivity index (χ3n) is 5.10. The molecule has 3 aromatic rings. The van der Waals surface area contributed by atoms with Crippen LogP contribution in [0.1, 0.15) is 21.5 Å². The lowest BCUT2D eigenvalue weighted by Gasteiger charge is -2.28. The lowest BCUT2D eigenvalue weighted by molar-refractivity contribution is -0.122. The highest BCUT2D eigenvalue weighted by atomic mass is 35.5. The fourth-order valence-electron chi connectivity index (χ4n) is 3.35. The van der Waals surface area contributed by atoms with Crippen LogP contribution in [-0.4, -0.2) is 28.0 Å². The summed E-state index contributed by atoms with van der Waals surface area (Å²) in [6.07, 6.45) is 1.31. The van der Waals surface area contributed by atoms with Crippen molar-refractivity contribution in [3.63, 3.8) is 0 Å². The van der Waals surface area contributed by atoms with Gasteiger partial charge in [0.2, 0.25) is 0 Å². The molecule has 0 unspecified atom stereocenters. The van der Waals surface area contributed by atoms with Crippen molar-refractivity contribution < 1.29 is 28.6 Å². The standard InChI is InChI=1S/C25H15Cl2FN2O5S/c26-19-10-14(11-20(27)21(19)35-12-13-1-3-15(4-2-13)24(33)34)9-18-22(31)29-25(36)30(23(18)32)17-7-5-16(28)6-8-17/h1-11H,12H2,(H,33,34)(H,29,31,36)/b18-9+. The minimum absolute atomic E-state index is 0.0741. The molecular formula is C25H15Cl2FN2O5S.